The van der Waals surface area contributed by atoms with E-state index in [1.807, 2.05) is 39.0 Å². The molecule has 0 spiro atoms. The molecule has 0 heterocycles. The molecule has 0 aliphatic heterocycles. The normalized spacial score (nSPS) is 10.8. The SMILES string of the molecule is CC(C)(C)C(=O)Nc1cccc(NC(=O)COc2ccc(C(=O)c3ccccc3)cc2)c1. The predicted octanol–water partition coefficient (Wildman–Crippen LogP) is 4.92. The monoisotopic (exact) mass is 430 g/mol. The molecule has 0 unspecified atom stereocenters. The summed E-state index contributed by atoms with van der Waals surface area (Å²) in [6, 6.07) is 22.6. The number of amides is 2. The highest BCUT2D eigenvalue weighted by Gasteiger charge is 2.21. The minimum absolute atomic E-state index is 0.0756. The van der Waals surface area contributed by atoms with E-state index in [0.29, 0.717) is 28.3 Å². The molecule has 0 aliphatic rings. The molecule has 0 bridgehead atoms. The van der Waals surface area contributed by atoms with Crippen molar-refractivity contribution >= 4 is 29.0 Å². The number of ether oxygens (including phenoxy) is 1. The third-order valence-corrected chi connectivity index (χ3v) is 4.61. The van der Waals surface area contributed by atoms with E-state index >= 15 is 0 Å². The summed E-state index contributed by atoms with van der Waals surface area (Å²) in [6.07, 6.45) is 0. The molecule has 6 nitrogen and oxygen atoms in total. The molecular formula is C26H26N2O4. The number of anilines is 2. The molecule has 3 rings (SSSR count). The summed E-state index contributed by atoms with van der Waals surface area (Å²) < 4.78 is 5.53. The average Bonchev–Trinajstić information content (AvgIpc) is 2.78. The summed E-state index contributed by atoms with van der Waals surface area (Å²) in [5.74, 6) is -0.0449. The second kappa shape index (κ2) is 9.92. The molecule has 6 heteroatoms. The van der Waals surface area contributed by atoms with E-state index in [2.05, 4.69) is 10.6 Å². The van der Waals surface area contributed by atoms with Gasteiger partial charge in [-0.15, -0.1) is 0 Å². The van der Waals surface area contributed by atoms with E-state index in [4.69, 9.17) is 4.74 Å². The third-order valence-electron chi connectivity index (χ3n) is 4.61. The Morgan fingerprint density at radius 2 is 1.34 bits per heavy atom. The quantitative estimate of drug-likeness (QED) is 0.521. The van der Waals surface area contributed by atoms with Crippen molar-refractivity contribution in [2.24, 2.45) is 5.41 Å². The van der Waals surface area contributed by atoms with Gasteiger partial charge in [-0.1, -0.05) is 57.2 Å². The molecule has 32 heavy (non-hydrogen) atoms. The van der Waals surface area contributed by atoms with Gasteiger partial charge in [-0.2, -0.15) is 0 Å². The lowest BCUT2D eigenvalue weighted by Gasteiger charge is -2.18. The molecule has 0 aliphatic carbocycles. The highest BCUT2D eigenvalue weighted by atomic mass is 16.5. The zero-order valence-corrected chi connectivity index (χ0v) is 18.3. The van der Waals surface area contributed by atoms with Crippen LogP contribution in [0.5, 0.6) is 5.75 Å². The standard InChI is InChI=1S/C26H26N2O4/c1-26(2,3)25(31)28-21-11-7-10-20(16-21)27-23(29)17-32-22-14-12-19(13-15-22)24(30)18-8-5-4-6-9-18/h4-16H,17H2,1-3H3,(H,27,29)(H,28,31). The summed E-state index contributed by atoms with van der Waals surface area (Å²) in [4.78, 5) is 36.8. The fraction of sp³-hybridized carbons (Fsp3) is 0.192. The maximum atomic E-state index is 12.4. The molecule has 164 valence electrons. The summed E-state index contributed by atoms with van der Waals surface area (Å²) in [5, 5.41) is 5.58. The van der Waals surface area contributed by atoms with Gasteiger partial charge in [0, 0.05) is 27.9 Å². The number of benzene rings is 3. The first-order valence-corrected chi connectivity index (χ1v) is 10.3. The Morgan fingerprint density at radius 3 is 1.97 bits per heavy atom. The first-order valence-electron chi connectivity index (χ1n) is 10.3. The maximum Gasteiger partial charge on any atom is 0.262 e. The van der Waals surface area contributed by atoms with Crippen LogP contribution in [-0.2, 0) is 9.59 Å². The number of rotatable bonds is 7. The number of carbonyl (C=O) groups excluding carboxylic acids is 3. The van der Waals surface area contributed by atoms with Gasteiger partial charge in [-0.05, 0) is 42.5 Å². The molecule has 3 aromatic rings. The molecule has 0 aromatic heterocycles. The number of hydrogen-bond donors (Lipinski definition) is 2. The van der Waals surface area contributed by atoms with E-state index in [-0.39, 0.29) is 24.2 Å². The average molecular weight is 431 g/mol. The summed E-state index contributed by atoms with van der Waals surface area (Å²) in [5.41, 5.74) is 1.79. The molecule has 0 saturated carbocycles. The smallest absolute Gasteiger partial charge is 0.262 e. The summed E-state index contributed by atoms with van der Waals surface area (Å²) in [6.45, 7) is 5.30. The fourth-order valence-electron chi connectivity index (χ4n) is 2.80. The van der Waals surface area contributed by atoms with E-state index in [1.165, 1.54) is 0 Å². The van der Waals surface area contributed by atoms with E-state index < -0.39 is 5.41 Å². The van der Waals surface area contributed by atoms with Crippen LogP contribution in [0.2, 0.25) is 0 Å². The van der Waals surface area contributed by atoms with Crippen LogP contribution in [0.15, 0.2) is 78.9 Å². The number of ketones is 1. The van der Waals surface area contributed by atoms with Crippen molar-refractivity contribution in [2.75, 3.05) is 17.2 Å². The van der Waals surface area contributed by atoms with Crippen molar-refractivity contribution in [3.63, 3.8) is 0 Å². The predicted molar refractivity (Wildman–Crippen MR) is 125 cm³/mol. The van der Waals surface area contributed by atoms with E-state index in [1.54, 1.807) is 60.7 Å². The molecule has 2 N–H and O–H groups in total. The zero-order chi connectivity index (χ0) is 23.1. The lowest BCUT2D eigenvalue weighted by Crippen LogP contribution is -2.27. The van der Waals surface area contributed by atoms with Crippen LogP contribution < -0.4 is 15.4 Å². The van der Waals surface area contributed by atoms with Crippen LogP contribution in [0.25, 0.3) is 0 Å². The van der Waals surface area contributed by atoms with Crippen LogP contribution in [0.4, 0.5) is 11.4 Å². The molecule has 0 radical (unpaired) electrons. The Morgan fingerprint density at radius 1 is 0.750 bits per heavy atom. The first kappa shape index (κ1) is 22.7. The Kier molecular flexibility index (Phi) is 7.05. The van der Waals surface area contributed by atoms with Crippen molar-refractivity contribution in [1.29, 1.82) is 0 Å². The molecule has 0 atom stereocenters. The van der Waals surface area contributed by atoms with Gasteiger partial charge in [-0.25, -0.2) is 0 Å². The van der Waals surface area contributed by atoms with Crippen LogP contribution in [0, 0.1) is 5.41 Å². The Bertz CT molecular complexity index is 1100. The van der Waals surface area contributed by atoms with Gasteiger partial charge in [0.2, 0.25) is 5.91 Å². The maximum absolute atomic E-state index is 12.4. The van der Waals surface area contributed by atoms with Gasteiger partial charge in [-0.3, -0.25) is 14.4 Å². The highest BCUT2D eigenvalue weighted by molar-refractivity contribution is 6.09. The largest absolute Gasteiger partial charge is 0.484 e. The zero-order valence-electron chi connectivity index (χ0n) is 18.3. The minimum Gasteiger partial charge on any atom is -0.484 e. The Labute approximate surface area is 187 Å². The van der Waals surface area contributed by atoms with Crippen molar-refractivity contribution in [1.82, 2.24) is 0 Å². The summed E-state index contributed by atoms with van der Waals surface area (Å²) in [7, 11) is 0. The topological polar surface area (TPSA) is 84.5 Å². The first-order chi connectivity index (χ1) is 15.2. The van der Waals surface area contributed by atoms with Crippen LogP contribution in [0.1, 0.15) is 36.7 Å². The fourth-order valence-corrected chi connectivity index (χ4v) is 2.80. The summed E-state index contributed by atoms with van der Waals surface area (Å²) >= 11 is 0. The second-order valence-corrected chi connectivity index (χ2v) is 8.34. The molecule has 2 amide bonds. The third kappa shape index (κ3) is 6.28. The van der Waals surface area contributed by atoms with Gasteiger partial charge in [0.05, 0.1) is 0 Å². The lowest BCUT2D eigenvalue weighted by atomic mass is 9.95. The van der Waals surface area contributed by atoms with Gasteiger partial charge < -0.3 is 15.4 Å². The van der Waals surface area contributed by atoms with Gasteiger partial charge in [0.25, 0.3) is 5.91 Å². The van der Waals surface area contributed by atoms with Crippen LogP contribution in [0.3, 0.4) is 0 Å². The van der Waals surface area contributed by atoms with Crippen molar-refractivity contribution in [3.05, 3.63) is 90.0 Å². The number of carbonyl (C=O) groups is 3. The lowest BCUT2D eigenvalue weighted by molar-refractivity contribution is -0.123. The van der Waals surface area contributed by atoms with Crippen molar-refractivity contribution in [3.8, 4) is 5.75 Å². The molecule has 3 aromatic carbocycles. The van der Waals surface area contributed by atoms with Gasteiger partial charge in [0.15, 0.2) is 12.4 Å². The Hall–Kier alpha value is -3.93. The Balaban J connectivity index is 1.53. The van der Waals surface area contributed by atoms with Gasteiger partial charge in [0.1, 0.15) is 5.75 Å². The van der Waals surface area contributed by atoms with Gasteiger partial charge >= 0.3 is 0 Å². The van der Waals surface area contributed by atoms with Crippen molar-refractivity contribution < 1.29 is 19.1 Å². The van der Waals surface area contributed by atoms with E-state index in [0.717, 1.165) is 0 Å². The molecular weight excluding hydrogens is 404 g/mol. The van der Waals surface area contributed by atoms with E-state index in [9.17, 15) is 14.4 Å². The second-order valence-electron chi connectivity index (χ2n) is 8.34. The van der Waals surface area contributed by atoms with Crippen LogP contribution >= 0.6 is 0 Å². The minimum atomic E-state index is -0.519. The highest BCUT2D eigenvalue weighted by Crippen LogP contribution is 2.20. The molecule has 0 saturated heterocycles. The molecule has 0 fully saturated rings. The number of hydrogen-bond acceptors (Lipinski definition) is 4. The van der Waals surface area contributed by atoms with Crippen molar-refractivity contribution in [2.45, 2.75) is 20.8 Å². The number of nitrogens with one attached hydrogen (secondary N) is 2. The van der Waals surface area contributed by atoms with Crippen LogP contribution in [-0.4, -0.2) is 24.2 Å².